The van der Waals surface area contributed by atoms with Gasteiger partial charge in [0.15, 0.2) is 0 Å². The molecule has 0 spiro atoms. The fourth-order valence-corrected chi connectivity index (χ4v) is 5.32. The highest BCUT2D eigenvalue weighted by Gasteiger charge is 2.27. The maximum Gasteiger partial charge on any atom is 0.271 e. The van der Waals surface area contributed by atoms with Crippen LogP contribution in [0, 0.1) is 16.0 Å². The van der Waals surface area contributed by atoms with Crippen LogP contribution in [0.15, 0.2) is 22.5 Å². The molecule has 120 valence electrons. The van der Waals surface area contributed by atoms with Crippen molar-refractivity contribution in [2.24, 2.45) is 5.92 Å². The summed E-state index contributed by atoms with van der Waals surface area (Å²) >= 11 is 1.07. The van der Waals surface area contributed by atoms with Gasteiger partial charge in [0.25, 0.3) is 5.69 Å². The fraction of sp³-hybridized carbons (Fsp3) is 0.417. The Labute approximate surface area is 137 Å². The number of aromatic nitrogens is 1. The molecule has 22 heavy (non-hydrogen) atoms. The first kappa shape index (κ1) is 17.1. The molecule has 1 saturated heterocycles. The third kappa shape index (κ3) is 3.37. The molecule has 10 heteroatoms. The molecule has 1 aromatic heterocycles. The number of non-ortho nitro benzene ring substituents is 1. The van der Waals surface area contributed by atoms with Gasteiger partial charge >= 0.3 is 0 Å². The van der Waals surface area contributed by atoms with Crippen molar-refractivity contribution in [1.29, 1.82) is 0 Å². The molecule has 3 rings (SSSR count). The summed E-state index contributed by atoms with van der Waals surface area (Å²) in [5.74, 6) is 0.179. The van der Waals surface area contributed by atoms with Gasteiger partial charge in [-0.15, -0.1) is 23.7 Å². The van der Waals surface area contributed by atoms with Gasteiger partial charge in [-0.25, -0.2) is 13.4 Å². The van der Waals surface area contributed by atoms with Crippen molar-refractivity contribution >= 4 is 49.5 Å². The largest absolute Gasteiger partial charge is 0.316 e. The molecule has 0 bridgehead atoms. The molecule has 1 atom stereocenters. The lowest BCUT2D eigenvalue weighted by molar-refractivity contribution is -0.384. The number of sulfone groups is 1. The Hall–Kier alpha value is -1.29. The molecule has 1 fully saturated rings. The van der Waals surface area contributed by atoms with E-state index in [-0.39, 0.29) is 34.1 Å². The van der Waals surface area contributed by atoms with E-state index < -0.39 is 14.8 Å². The van der Waals surface area contributed by atoms with Crippen LogP contribution in [0.2, 0.25) is 0 Å². The number of hydrogen-bond donors (Lipinski definition) is 1. The predicted octanol–water partition coefficient (Wildman–Crippen LogP) is 2.01. The molecule has 2 heterocycles. The zero-order valence-electron chi connectivity index (χ0n) is 11.4. The van der Waals surface area contributed by atoms with Gasteiger partial charge in [-0.1, -0.05) is 0 Å². The number of nitrogens with zero attached hydrogens (tertiary/aromatic N) is 2. The third-order valence-electron chi connectivity index (χ3n) is 3.45. The van der Waals surface area contributed by atoms with E-state index in [4.69, 9.17) is 0 Å². The van der Waals surface area contributed by atoms with Gasteiger partial charge in [0.1, 0.15) is 0 Å². The Kier molecular flexibility index (Phi) is 5.00. The SMILES string of the molecule is Cl.O=[N+]([O-])c1ccc2sc(S(=O)(=O)CC3CCNC3)nc2c1. The predicted molar refractivity (Wildman–Crippen MR) is 86.6 cm³/mol. The number of hydrogen-bond acceptors (Lipinski definition) is 7. The number of halogens is 1. The van der Waals surface area contributed by atoms with Crippen LogP contribution in [-0.4, -0.2) is 37.2 Å². The van der Waals surface area contributed by atoms with E-state index >= 15 is 0 Å². The lowest BCUT2D eigenvalue weighted by Gasteiger charge is -2.06. The van der Waals surface area contributed by atoms with E-state index in [1.54, 1.807) is 6.07 Å². The van der Waals surface area contributed by atoms with Crippen molar-refractivity contribution in [3.8, 4) is 0 Å². The minimum Gasteiger partial charge on any atom is -0.316 e. The summed E-state index contributed by atoms with van der Waals surface area (Å²) in [4.78, 5) is 14.3. The number of rotatable bonds is 4. The molecule has 1 aliphatic heterocycles. The van der Waals surface area contributed by atoms with Gasteiger partial charge in [-0.3, -0.25) is 10.1 Å². The van der Waals surface area contributed by atoms with Crippen LogP contribution in [0.3, 0.4) is 0 Å². The van der Waals surface area contributed by atoms with E-state index in [1.165, 1.54) is 12.1 Å². The Morgan fingerprint density at radius 1 is 1.45 bits per heavy atom. The molecule has 1 unspecified atom stereocenters. The quantitative estimate of drug-likeness (QED) is 0.658. The minimum atomic E-state index is -3.44. The van der Waals surface area contributed by atoms with Crippen LogP contribution >= 0.6 is 23.7 Å². The highest BCUT2D eigenvalue weighted by Crippen LogP contribution is 2.30. The van der Waals surface area contributed by atoms with E-state index in [0.29, 0.717) is 16.8 Å². The van der Waals surface area contributed by atoms with Crippen LogP contribution in [0.4, 0.5) is 5.69 Å². The first-order valence-electron chi connectivity index (χ1n) is 6.44. The van der Waals surface area contributed by atoms with Gasteiger partial charge < -0.3 is 5.32 Å². The van der Waals surface area contributed by atoms with Crippen molar-refractivity contribution in [1.82, 2.24) is 10.3 Å². The second kappa shape index (κ2) is 6.45. The topological polar surface area (TPSA) is 102 Å². The van der Waals surface area contributed by atoms with Crippen molar-refractivity contribution < 1.29 is 13.3 Å². The Bertz CT molecular complexity index is 800. The van der Waals surface area contributed by atoms with Crippen molar-refractivity contribution in [2.75, 3.05) is 18.8 Å². The molecule has 1 aliphatic rings. The van der Waals surface area contributed by atoms with Crippen LogP contribution < -0.4 is 5.32 Å². The molecule has 0 radical (unpaired) electrons. The summed E-state index contributed by atoms with van der Waals surface area (Å²) in [7, 11) is -3.44. The number of benzene rings is 1. The molecular weight excluding hydrogens is 350 g/mol. The number of thiazole rings is 1. The van der Waals surface area contributed by atoms with Crippen molar-refractivity contribution in [2.45, 2.75) is 10.8 Å². The van der Waals surface area contributed by atoms with Crippen molar-refractivity contribution in [3.05, 3.63) is 28.3 Å². The highest BCUT2D eigenvalue weighted by molar-refractivity contribution is 7.93. The summed E-state index contributed by atoms with van der Waals surface area (Å²) in [6.07, 6.45) is 0.843. The molecule has 0 saturated carbocycles. The smallest absolute Gasteiger partial charge is 0.271 e. The maximum atomic E-state index is 12.4. The third-order valence-corrected chi connectivity index (χ3v) is 6.82. The van der Waals surface area contributed by atoms with Crippen LogP contribution in [0.5, 0.6) is 0 Å². The number of nitro benzene ring substituents is 1. The van der Waals surface area contributed by atoms with E-state index in [9.17, 15) is 18.5 Å². The first-order valence-corrected chi connectivity index (χ1v) is 8.91. The average Bonchev–Trinajstić information content (AvgIpc) is 3.05. The molecule has 1 aromatic carbocycles. The summed E-state index contributed by atoms with van der Waals surface area (Å²) in [5, 5.41) is 13.9. The van der Waals surface area contributed by atoms with E-state index in [0.717, 1.165) is 24.3 Å². The van der Waals surface area contributed by atoms with E-state index in [1.807, 2.05) is 0 Å². The molecule has 2 aromatic rings. The van der Waals surface area contributed by atoms with Gasteiger partial charge in [-0.2, -0.15) is 0 Å². The summed E-state index contributed by atoms with van der Waals surface area (Å²) in [5.41, 5.74) is 0.272. The van der Waals surface area contributed by atoms with Crippen LogP contribution in [-0.2, 0) is 9.84 Å². The Morgan fingerprint density at radius 3 is 2.86 bits per heavy atom. The number of nitro groups is 1. The van der Waals surface area contributed by atoms with E-state index in [2.05, 4.69) is 10.3 Å². The zero-order chi connectivity index (χ0) is 15.0. The fourth-order valence-electron chi connectivity index (χ4n) is 2.38. The maximum absolute atomic E-state index is 12.4. The number of fused-ring (bicyclic) bond motifs is 1. The molecule has 7 nitrogen and oxygen atoms in total. The molecular formula is C12H14ClN3O4S2. The summed E-state index contributed by atoms with van der Waals surface area (Å²) < 4.78 is 25.4. The zero-order valence-corrected chi connectivity index (χ0v) is 13.8. The second-order valence-corrected chi connectivity index (χ2v) is 8.27. The van der Waals surface area contributed by atoms with Gasteiger partial charge in [-0.05, 0) is 31.5 Å². The second-order valence-electron chi connectivity index (χ2n) is 5.03. The normalized spacial score (nSPS) is 18.3. The summed E-state index contributed by atoms with van der Waals surface area (Å²) in [6.45, 7) is 1.54. The summed E-state index contributed by atoms with van der Waals surface area (Å²) in [6, 6.07) is 4.21. The first-order chi connectivity index (χ1) is 9.95. The van der Waals surface area contributed by atoms with Gasteiger partial charge in [0, 0.05) is 12.1 Å². The van der Waals surface area contributed by atoms with Crippen molar-refractivity contribution in [3.63, 3.8) is 0 Å². The van der Waals surface area contributed by atoms with Crippen LogP contribution in [0.1, 0.15) is 6.42 Å². The molecule has 0 aliphatic carbocycles. The Balaban J connectivity index is 0.00000176. The Morgan fingerprint density at radius 2 is 2.23 bits per heavy atom. The van der Waals surface area contributed by atoms with Gasteiger partial charge in [0.05, 0.1) is 20.9 Å². The standard InChI is InChI=1S/C12H13N3O4S2.ClH/c16-15(17)9-1-2-11-10(5-9)14-12(20-11)21(18,19)7-8-3-4-13-6-8;/h1-2,5,8,13H,3-4,6-7H2;1H. The van der Waals surface area contributed by atoms with Crippen LogP contribution in [0.25, 0.3) is 10.2 Å². The van der Waals surface area contributed by atoms with Gasteiger partial charge in [0.2, 0.25) is 14.2 Å². The minimum absolute atomic E-state index is 0. The monoisotopic (exact) mass is 363 g/mol. The lowest BCUT2D eigenvalue weighted by atomic mass is 10.2. The molecule has 1 N–H and O–H groups in total. The average molecular weight is 364 g/mol. The molecule has 0 amide bonds. The highest BCUT2D eigenvalue weighted by atomic mass is 35.5. The number of nitrogens with one attached hydrogen (secondary N) is 1. The lowest BCUT2D eigenvalue weighted by Crippen LogP contribution is -2.18.